The number of amides is 1. The van der Waals surface area contributed by atoms with Crippen LogP contribution in [0.4, 0.5) is 0 Å². The van der Waals surface area contributed by atoms with Crippen molar-refractivity contribution in [3.05, 3.63) is 40.6 Å². The van der Waals surface area contributed by atoms with Crippen LogP contribution in [-0.4, -0.2) is 47.4 Å². The lowest BCUT2D eigenvalue weighted by Gasteiger charge is -2.16. The van der Waals surface area contributed by atoms with E-state index in [4.69, 9.17) is 0 Å². The topological polar surface area (TPSA) is 84.9 Å². The molecule has 4 aliphatic rings. The average molecular weight is 421 g/mol. The number of rotatable bonds is 8. The monoisotopic (exact) mass is 420 g/mol. The van der Waals surface area contributed by atoms with Gasteiger partial charge in [0.2, 0.25) is 0 Å². The van der Waals surface area contributed by atoms with Gasteiger partial charge in [-0.25, -0.2) is 5.43 Å². The summed E-state index contributed by atoms with van der Waals surface area (Å²) in [5.74, 6) is 0.0703. The van der Waals surface area contributed by atoms with Crippen LogP contribution in [0.15, 0.2) is 28.2 Å². The fourth-order valence-corrected chi connectivity index (χ4v) is 5.03. The average Bonchev–Trinajstić information content (AvgIpc) is 3.15. The van der Waals surface area contributed by atoms with E-state index in [1.807, 2.05) is 6.20 Å². The second kappa shape index (κ2) is 8.83. The summed E-state index contributed by atoms with van der Waals surface area (Å²) in [5, 5.41) is 7.21. The van der Waals surface area contributed by atoms with Gasteiger partial charge in [-0.1, -0.05) is 0 Å². The smallest absolute Gasteiger partial charge is 0.254 e. The summed E-state index contributed by atoms with van der Waals surface area (Å²) in [6, 6.07) is 0. The SMILES string of the molecule is Cc1[nH]c(C=C2NC=CN=C2C2C=NNC2=O)c(C2CC2)c1CCCCN1CCCC1. The lowest BCUT2D eigenvalue weighted by molar-refractivity contribution is -0.120. The van der Waals surface area contributed by atoms with Crippen molar-refractivity contribution < 1.29 is 4.79 Å². The van der Waals surface area contributed by atoms with E-state index >= 15 is 0 Å². The Hall–Kier alpha value is -2.67. The first-order chi connectivity index (χ1) is 15.2. The lowest BCUT2D eigenvalue weighted by atomic mass is 9.96. The van der Waals surface area contributed by atoms with Crippen LogP contribution in [0.2, 0.25) is 0 Å². The van der Waals surface area contributed by atoms with Crippen LogP contribution < -0.4 is 10.7 Å². The number of H-pyrrole nitrogens is 1. The molecule has 1 aromatic heterocycles. The molecular formula is C24H32N6O. The zero-order chi connectivity index (χ0) is 21.2. The molecule has 1 aromatic rings. The summed E-state index contributed by atoms with van der Waals surface area (Å²) in [4.78, 5) is 22.9. The molecule has 7 heteroatoms. The number of aliphatic imine (C=N–C) groups is 1. The van der Waals surface area contributed by atoms with Gasteiger partial charge in [0.05, 0.1) is 11.4 Å². The molecule has 1 atom stereocenters. The molecule has 1 saturated carbocycles. The molecule has 4 heterocycles. The third-order valence-corrected chi connectivity index (χ3v) is 6.79. The van der Waals surface area contributed by atoms with Crippen LogP contribution in [0.3, 0.4) is 0 Å². The van der Waals surface area contributed by atoms with Crippen LogP contribution in [0.25, 0.3) is 6.08 Å². The normalized spacial score (nSPS) is 24.7. The van der Waals surface area contributed by atoms with Crippen LogP contribution >= 0.6 is 0 Å². The Morgan fingerprint density at radius 3 is 2.81 bits per heavy atom. The third-order valence-electron chi connectivity index (χ3n) is 6.79. The minimum atomic E-state index is -0.450. The summed E-state index contributed by atoms with van der Waals surface area (Å²) in [6.07, 6.45) is 16.2. The van der Waals surface area contributed by atoms with Gasteiger partial charge in [-0.2, -0.15) is 5.10 Å². The molecule has 7 nitrogen and oxygen atoms in total. The number of hydrogen-bond acceptors (Lipinski definition) is 5. The highest BCUT2D eigenvalue weighted by molar-refractivity contribution is 6.24. The Bertz CT molecular complexity index is 959. The van der Waals surface area contributed by atoms with Crippen molar-refractivity contribution in [1.29, 1.82) is 0 Å². The van der Waals surface area contributed by atoms with Crippen LogP contribution in [0.1, 0.15) is 67.0 Å². The van der Waals surface area contributed by atoms with Crippen LogP contribution in [0, 0.1) is 12.8 Å². The summed E-state index contributed by atoms with van der Waals surface area (Å²) in [6.45, 7) is 6.00. The van der Waals surface area contributed by atoms with Crippen molar-refractivity contribution in [1.82, 2.24) is 20.6 Å². The van der Waals surface area contributed by atoms with Crippen molar-refractivity contribution >= 4 is 23.9 Å². The minimum Gasteiger partial charge on any atom is -0.359 e. The van der Waals surface area contributed by atoms with Gasteiger partial charge in [-0.3, -0.25) is 9.79 Å². The number of hydrazone groups is 1. The van der Waals surface area contributed by atoms with E-state index in [0.29, 0.717) is 11.6 Å². The summed E-state index contributed by atoms with van der Waals surface area (Å²) >= 11 is 0. The van der Waals surface area contributed by atoms with E-state index in [1.165, 1.54) is 75.0 Å². The molecule has 1 unspecified atom stereocenters. The number of aromatic amines is 1. The van der Waals surface area contributed by atoms with E-state index in [9.17, 15) is 4.79 Å². The highest BCUT2D eigenvalue weighted by atomic mass is 16.2. The molecule has 0 spiro atoms. The number of likely N-dealkylation sites (tertiary alicyclic amines) is 1. The molecule has 3 N–H and O–H groups in total. The van der Waals surface area contributed by atoms with Gasteiger partial charge in [0.25, 0.3) is 5.91 Å². The Labute approximate surface area is 183 Å². The molecular weight excluding hydrogens is 388 g/mol. The van der Waals surface area contributed by atoms with E-state index in [-0.39, 0.29) is 5.91 Å². The molecule has 2 fully saturated rings. The highest BCUT2D eigenvalue weighted by Crippen LogP contribution is 2.45. The van der Waals surface area contributed by atoms with Gasteiger partial charge in [-0.05, 0) is 94.6 Å². The number of hydrogen-bond donors (Lipinski definition) is 3. The molecule has 3 aliphatic heterocycles. The van der Waals surface area contributed by atoms with Gasteiger partial charge in [-0.15, -0.1) is 0 Å². The van der Waals surface area contributed by atoms with Gasteiger partial charge >= 0.3 is 0 Å². The van der Waals surface area contributed by atoms with Crippen LogP contribution in [0.5, 0.6) is 0 Å². The van der Waals surface area contributed by atoms with Crippen LogP contribution in [-0.2, 0) is 11.2 Å². The molecule has 164 valence electrons. The lowest BCUT2D eigenvalue weighted by Crippen LogP contribution is -2.32. The second-order valence-electron chi connectivity index (χ2n) is 9.10. The van der Waals surface area contributed by atoms with Crippen molar-refractivity contribution in [3.63, 3.8) is 0 Å². The molecule has 1 aliphatic carbocycles. The van der Waals surface area contributed by atoms with E-state index < -0.39 is 5.92 Å². The maximum Gasteiger partial charge on any atom is 0.254 e. The summed E-state index contributed by atoms with van der Waals surface area (Å²) in [5.41, 5.74) is 9.50. The van der Waals surface area contributed by atoms with E-state index in [0.717, 1.165) is 17.8 Å². The van der Waals surface area contributed by atoms with Crippen molar-refractivity contribution in [3.8, 4) is 0 Å². The number of carbonyl (C=O) groups excluding carboxylic acids is 1. The number of nitrogens with zero attached hydrogens (tertiary/aromatic N) is 3. The van der Waals surface area contributed by atoms with E-state index in [1.54, 1.807) is 12.4 Å². The maximum absolute atomic E-state index is 12.1. The molecule has 0 aromatic carbocycles. The van der Waals surface area contributed by atoms with E-state index in [2.05, 4.69) is 43.7 Å². The molecule has 1 saturated heterocycles. The first-order valence-electron chi connectivity index (χ1n) is 11.7. The van der Waals surface area contributed by atoms with Gasteiger partial charge in [0, 0.05) is 30.0 Å². The number of allylic oxidation sites excluding steroid dienone is 1. The highest BCUT2D eigenvalue weighted by Gasteiger charge is 2.32. The molecule has 31 heavy (non-hydrogen) atoms. The quantitative estimate of drug-likeness (QED) is 0.565. The van der Waals surface area contributed by atoms with Crippen molar-refractivity contribution in [2.24, 2.45) is 16.0 Å². The molecule has 0 radical (unpaired) electrons. The second-order valence-corrected chi connectivity index (χ2v) is 9.10. The predicted octanol–water partition coefficient (Wildman–Crippen LogP) is 3.21. The van der Waals surface area contributed by atoms with Gasteiger partial charge in [0.15, 0.2) is 0 Å². The molecule has 0 bridgehead atoms. The largest absolute Gasteiger partial charge is 0.359 e. The standard InChI is InChI=1S/C24H32N6O/c1-16-18(6-2-3-11-30-12-4-5-13-30)22(17-7-8-17)20(28-16)14-21-23(26-10-9-25-21)19-15-27-29-24(19)31/h9-10,14-15,17,19,25,28H,2-8,11-13H2,1H3,(H,29,31). The van der Waals surface area contributed by atoms with Crippen molar-refractivity contribution in [2.45, 2.75) is 57.8 Å². The fraction of sp³-hybridized carbons (Fsp3) is 0.542. The first kappa shape index (κ1) is 20.2. The van der Waals surface area contributed by atoms with Gasteiger partial charge in [0.1, 0.15) is 5.92 Å². The Balaban J connectivity index is 1.35. The number of aromatic nitrogens is 1. The zero-order valence-electron chi connectivity index (χ0n) is 18.3. The van der Waals surface area contributed by atoms with Gasteiger partial charge < -0.3 is 15.2 Å². The molecule has 5 rings (SSSR count). The Morgan fingerprint density at radius 2 is 2.06 bits per heavy atom. The minimum absolute atomic E-state index is 0.134. The third kappa shape index (κ3) is 4.37. The maximum atomic E-state index is 12.1. The zero-order valence-corrected chi connectivity index (χ0v) is 18.3. The summed E-state index contributed by atoms with van der Waals surface area (Å²) < 4.78 is 0. The van der Waals surface area contributed by atoms with Crippen molar-refractivity contribution in [2.75, 3.05) is 19.6 Å². The Kier molecular flexibility index (Phi) is 5.76. The number of nitrogens with one attached hydrogen (secondary N) is 3. The number of unbranched alkanes of at least 4 members (excludes halogenated alkanes) is 1. The number of aryl methyl sites for hydroxylation is 1. The predicted molar refractivity (Wildman–Crippen MR) is 124 cm³/mol. The summed E-state index contributed by atoms with van der Waals surface area (Å²) in [7, 11) is 0. The Morgan fingerprint density at radius 1 is 1.23 bits per heavy atom. The molecule has 1 amide bonds. The first-order valence-corrected chi connectivity index (χ1v) is 11.7. The fourth-order valence-electron chi connectivity index (χ4n) is 5.03. The number of carbonyl (C=O) groups is 1.